The van der Waals surface area contributed by atoms with Crippen LogP contribution < -0.4 is 10.0 Å². The molecule has 1 aromatic rings. The van der Waals surface area contributed by atoms with Gasteiger partial charge in [0.25, 0.3) is 0 Å². The van der Waals surface area contributed by atoms with Crippen LogP contribution in [-0.2, 0) is 10.0 Å². The number of hydrogen-bond donors (Lipinski definition) is 3. The Bertz CT molecular complexity index is 602. The average molecular weight is 399 g/mol. The number of unbranched alkanes of at least 4 members (excludes halogenated alkanes) is 6. The maximum Gasteiger partial charge on any atom is 0.229 e. The van der Waals surface area contributed by atoms with Crippen molar-refractivity contribution in [3.63, 3.8) is 0 Å². The van der Waals surface area contributed by atoms with Crippen LogP contribution in [0.15, 0.2) is 24.3 Å². The molecule has 27 heavy (non-hydrogen) atoms. The molecule has 0 aliphatic heterocycles. The van der Waals surface area contributed by atoms with Gasteiger partial charge in [0.05, 0.1) is 12.4 Å². The van der Waals surface area contributed by atoms with Crippen LogP contribution in [0.5, 0.6) is 0 Å². The summed E-state index contributed by atoms with van der Waals surface area (Å²) in [6.07, 6.45) is 11.9. The third-order valence-electron chi connectivity index (χ3n) is 4.85. The molecule has 0 radical (unpaired) electrons. The highest BCUT2D eigenvalue weighted by molar-refractivity contribution is 7.92. The molecule has 0 aliphatic rings. The van der Waals surface area contributed by atoms with Gasteiger partial charge in [0.15, 0.2) is 0 Å². The van der Waals surface area contributed by atoms with E-state index in [0.717, 1.165) is 24.7 Å². The predicted octanol–water partition coefficient (Wildman–Crippen LogP) is 4.60. The molecule has 0 heterocycles. The Morgan fingerprint density at radius 3 is 2.11 bits per heavy atom. The van der Waals surface area contributed by atoms with Crippen LogP contribution in [0.25, 0.3) is 0 Å². The zero-order valence-electron chi connectivity index (χ0n) is 17.2. The second-order valence-corrected chi connectivity index (χ2v) is 9.18. The van der Waals surface area contributed by atoms with Crippen LogP contribution in [0.2, 0.25) is 0 Å². The van der Waals surface area contributed by atoms with Gasteiger partial charge in [-0.2, -0.15) is 0 Å². The van der Waals surface area contributed by atoms with Gasteiger partial charge in [0, 0.05) is 18.3 Å². The van der Waals surface area contributed by atoms with Crippen molar-refractivity contribution in [1.82, 2.24) is 5.32 Å². The number of sulfonamides is 1. The Morgan fingerprint density at radius 1 is 0.963 bits per heavy atom. The van der Waals surface area contributed by atoms with Crippen molar-refractivity contribution < 1.29 is 13.5 Å². The molecule has 0 aromatic heterocycles. The molecule has 6 heteroatoms. The molecule has 0 saturated heterocycles. The minimum Gasteiger partial charge on any atom is -0.387 e. The molecule has 1 rings (SSSR count). The molecule has 5 nitrogen and oxygen atoms in total. The van der Waals surface area contributed by atoms with E-state index in [2.05, 4.69) is 23.9 Å². The van der Waals surface area contributed by atoms with E-state index in [9.17, 15) is 13.5 Å². The fourth-order valence-corrected chi connectivity index (χ4v) is 3.75. The van der Waals surface area contributed by atoms with Crippen LogP contribution in [0.4, 0.5) is 5.69 Å². The van der Waals surface area contributed by atoms with Crippen molar-refractivity contribution in [2.75, 3.05) is 17.5 Å². The van der Waals surface area contributed by atoms with Crippen LogP contribution in [-0.4, -0.2) is 32.4 Å². The summed E-state index contributed by atoms with van der Waals surface area (Å²) in [7, 11) is -3.28. The zero-order valence-corrected chi connectivity index (χ0v) is 18.0. The number of rotatable bonds is 15. The van der Waals surface area contributed by atoms with E-state index in [1.807, 2.05) is 0 Å². The highest BCUT2D eigenvalue weighted by Gasteiger charge is 2.12. The van der Waals surface area contributed by atoms with Gasteiger partial charge >= 0.3 is 0 Å². The van der Waals surface area contributed by atoms with Gasteiger partial charge in [-0.15, -0.1) is 0 Å². The lowest BCUT2D eigenvalue weighted by Gasteiger charge is -2.20. The van der Waals surface area contributed by atoms with E-state index >= 15 is 0 Å². The van der Waals surface area contributed by atoms with Crippen molar-refractivity contribution in [3.8, 4) is 0 Å². The molecule has 0 aliphatic carbocycles. The molecule has 1 aromatic carbocycles. The van der Waals surface area contributed by atoms with Crippen LogP contribution in [0.3, 0.4) is 0 Å². The van der Waals surface area contributed by atoms with Crippen LogP contribution in [0, 0.1) is 0 Å². The fraction of sp³-hybridized carbons (Fsp3) is 0.714. The number of benzene rings is 1. The molecule has 0 bridgehead atoms. The van der Waals surface area contributed by atoms with E-state index in [1.165, 1.54) is 44.9 Å². The van der Waals surface area contributed by atoms with E-state index < -0.39 is 16.1 Å². The molecule has 3 N–H and O–H groups in total. The second kappa shape index (κ2) is 13.1. The number of aliphatic hydroxyl groups excluding tert-OH is 1. The monoisotopic (exact) mass is 398 g/mol. The van der Waals surface area contributed by atoms with Gasteiger partial charge in [0.1, 0.15) is 0 Å². The second-order valence-electron chi connectivity index (χ2n) is 7.44. The highest BCUT2D eigenvalue weighted by atomic mass is 32.2. The largest absolute Gasteiger partial charge is 0.387 e. The van der Waals surface area contributed by atoms with Crippen molar-refractivity contribution in [2.45, 2.75) is 83.8 Å². The van der Waals surface area contributed by atoms with E-state index in [0.29, 0.717) is 18.3 Å². The van der Waals surface area contributed by atoms with Gasteiger partial charge in [-0.1, -0.05) is 70.9 Å². The fourth-order valence-electron chi connectivity index (χ4n) is 3.18. The molecule has 0 amide bonds. The zero-order chi connectivity index (χ0) is 20.1. The Balaban J connectivity index is 2.31. The Kier molecular flexibility index (Phi) is 11.6. The first-order valence-electron chi connectivity index (χ1n) is 10.3. The smallest absolute Gasteiger partial charge is 0.229 e. The summed E-state index contributed by atoms with van der Waals surface area (Å²) in [6.45, 7) is 4.93. The molecular weight excluding hydrogens is 360 g/mol. The van der Waals surface area contributed by atoms with Crippen molar-refractivity contribution in [2.24, 2.45) is 0 Å². The van der Waals surface area contributed by atoms with E-state index in [4.69, 9.17) is 0 Å². The molecule has 0 spiro atoms. The summed E-state index contributed by atoms with van der Waals surface area (Å²) in [5, 5.41) is 13.8. The summed E-state index contributed by atoms with van der Waals surface area (Å²) >= 11 is 0. The number of aliphatic hydroxyl groups is 1. The topological polar surface area (TPSA) is 78.4 Å². The quantitative estimate of drug-likeness (QED) is 0.377. The lowest BCUT2D eigenvalue weighted by atomic mass is 10.0. The molecule has 156 valence electrons. The first-order chi connectivity index (χ1) is 12.9. The number of hydrogen-bond acceptors (Lipinski definition) is 4. The summed E-state index contributed by atoms with van der Waals surface area (Å²) in [6, 6.07) is 7.31. The van der Waals surface area contributed by atoms with Crippen molar-refractivity contribution in [3.05, 3.63) is 29.8 Å². The van der Waals surface area contributed by atoms with Gasteiger partial charge in [-0.05, 0) is 30.5 Å². The number of nitrogens with one attached hydrogen (secondary N) is 2. The SMILES string of the molecule is CCCCCCCCCC(CC)NCC(O)c1ccc(NS(C)(=O)=O)cc1. The molecule has 0 saturated carbocycles. The third-order valence-corrected chi connectivity index (χ3v) is 5.45. The van der Waals surface area contributed by atoms with Gasteiger partial charge in [-0.3, -0.25) is 4.72 Å². The normalized spacial score (nSPS) is 14.1. The Morgan fingerprint density at radius 2 is 1.56 bits per heavy atom. The van der Waals surface area contributed by atoms with Crippen LogP contribution >= 0.6 is 0 Å². The maximum absolute atomic E-state index is 11.2. The lowest BCUT2D eigenvalue weighted by molar-refractivity contribution is 0.168. The Hall–Kier alpha value is -1.11. The van der Waals surface area contributed by atoms with Gasteiger partial charge < -0.3 is 10.4 Å². The summed E-state index contributed by atoms with van der Waals surface area (Å²) < 4.78 is 24.9. The molecule has 2 atom stereocenters. The molecule has 2 unspecified atom stereocenters. The maximum atomic E-state index is 11.2. The third kappa shape index (κ3) is 11.4. The highest BCUT2D eigenvalue weighted by Crippen LogP contribution is 2.17. The first kappa shape index (κ1) is 23.9. The van der Waals surface area contributed by atoms with Crippen LogP contribution in [0.1, 0.15) is 83.3 Å². The van der Waals surface area contributed by atoms with Gasteiger partial charge in [0.2, 0.25) is 10.0 Å². The Labute approximate surface area is 166 Å². The number of anilines is 1. The van der Waals surface area contributed by atoms with Crippen molar-refractivity contribution >= 4 is 15.7 Å². The van der Waals surface area contributed by atoms with E-state index in [1.54, 1.807) is 24.3 Å². The predicted molar refractivity (Wildman–Crippen MR) is 115 cm³/mol. The first-order valence-corrected chi connectivity index (χ1v) is 12.2. The van der Waals surface area contributed by atoms with Gasteiger partial charge in [-0.25, -0.2) is 8.42 Å². The minimum atomic E-state index is -3.28. The summed E-state index contributed by atoms with van der Waals surface area (Å²) in [5.41, 5.74) is 1.29. The lowest BCUT2D eigenvalue weighted by Crippen LogP contribution is -2.32. The molecule has 0 fully saturated rings. The summed E-state index contributed by atoms with van der Waals surface area (Å²) in [4.78, 5) is 0. The summed E-state index contributed by atoms with van der Waals surface area (Å²) in [5.74, 6) is 0. The minimum absolute atomic E-state index is 0.432. The van der Waals surface area contributed by atoms with Crippen molar-refractivity contribution in [1.29, 1.82) is 0 Å². The van der Waals surface area contributed by atoms with E-state index in [-0.39, 0.29) is 0 Å². The average Bonchev–Trinajstić information content (AvgIpc) is 2.62. The molecular formula is C21H38N2O3S. The standard InChI is InChI=1S/C21H38N2O3S/c1-4-6-7-8-9-10-11-12-19(5-2)22-17-21(24)18-13-15-20(16-14-18)23-27(3,25)26/h13-16,19,21-24H,4-12,17H2,1-3H3.